The van der Waals surface area contributed by atoms with Crippen LogP contribution in [0.15, 0.2) is 46.0 Å². The van der Waals surface area contributed by atoms with Crippen molar-refractivity contribution in [3.05, 3.63) is 52.0 Å². The first-order valence-electron chi connectivity index (χ1n) is 7.94. The summed E-state index contributed by atoms with van der Waals surface area (Å²) in [5.41, 5.74) is 5.30. The lowest BCUT2D eigenvalue weighted by molar-refractivity contribution is -0.120. The summed E-state index contributed by atoms with van der Waals surface area (Å²) in [7, 11) is 7.08. The van der Waals surface area contributed by atoms with Gasteiger partial charge in [0, 0.05) is 18.6 Å². The van der Waals surface area contributed by atoms with Crippen LogP contribution in [0.1, 0.15) is 11.1 Å². The van der Waals surface area contributed by atoms with Gasteiger partial charge in [0.15, 0.2) is 11.5 Å². The number of amides is 1. The van der Waals surface area contributed by atoms with Gasteiger partial charge in [-0.1, -0.05) is 12.1 Å². The number of hydrazone groups is 1. The molecule has 138 valence electrons. The third-order valence-corrected chi connectivity index (χ3v) is 4.30. The summed E-state index contributed by atoms with van der Waals surface area (Å²) in [4.78, 5) is 14.1. The molecule has 2 rings (SSSR count). The highest BCUT2D eigenvalue weighted by Crippen LogP contribution is 2.27. The highest BCUT2D eigenvalue weighted by atomic mass is 79.9. The molecule has 6 nitrogen and oxygen atoms in total. The summed E-state index contributed by atoms with van der Waals surface area (Å²) in [6, 6.07) is 11.2. The third-order valence-electron chi connectivity index (χ3n) is 3.67. The van der Waals surface area contributed by atoms with Gasteiger partial charge in [0.2, 0.25) is 5.91 Å². The molecule has 0 saturated heterocycles. The Kier molecular flexibility index (Phi) is 7.03. The first-order valence-corrected chi connectivity index (χ1v) is 8.73. The van der Waals surface area contributed by atoms with Crippen molar-refractivity contribution < 1.29 is 14.3 Å². The van der Waals surface area contributed by atoms with E-state index >= 15 is 0 Å². The molecule has 0 unspecified atom stereocenters. The first-order chi connectivity index (χ1) is 12.4. The molecule has 0 fully saturated rings. The van der Waals surface area contributed by atoms with Gasteiger partial charge >= 0.3 is 0 Å². The molecule has 0 spiro atoms. The van der Waals surface area contributed by atoms with Gasteiger partial charge in [0.05, 0.1) is 32.5 Å². The molecule has 0 aliphatic carbocycles. The van der Waals surface area contributed by atoms with Crippen molar-refractivity contribution in [2.24, 2.45) is 5.10 Å². The average molecular weight is 420 g/mol. The van der Waals surface area contributed by atoms with Crippen LogP contribution >= 0.6 is 15.9 Å². The number of hydrogen-bond acceptors (Lipinski definition) is 5. The minimum atomic E-state index is -0.211. The van der Waals surface area contributed by atoms with Crippen LogP contribution in [0, 0.1) is 0 Å². The van der Waals surface area contributed by atoms with Crippen molar-refractivity contribution in [3.8, 4) is 11.5 Å². The van der Waals surface area contributed by atoms with E-state index in [2.05, 4.69) is 26.5 Å². The van der Waals surface area contributed by atoms with Gasteiger partial charge in [0.25, 0.3) is 0 Å². The van der Waals surface area contributed by atoms with E-state index in [1.807, 2.05) is 43.3 Å². The molecule has 0 atom stereocenters. The number of methoxy groups -OCH3 is 2. The molecule has 0 radical (unpaired) electrons. The summed E-state index contributed by atoms with van der Waals surface area (Å²) >= 11 is 3.53. The lowest BCUT2D eigenvalue weighted by Crippen LogP contribution is -2.19. The number of nitrogens with one attached hydrogen (secondary N) is 1. The summed E-state index contributed by atoms with van der Waals surface area (Å²) in [6.07, 6.45) is 1.80. The predicted molar refractivity (Wildman–Crippen MR) is 107 cm³/mol. The van der Waals surface area contributed by atoms with Crippen LogP contribution < -0.4 is 19.8 Å². The van der Waals surface area contributed by atoms with E-state index in [0.717, 1.165) is 21.3 Å². The third kappa shape index (κ3) is 5.23. The predicted octanol–water partition coefficient (Wildman–Crippen LogP) is 3.23. The molecule has 0 aromatic heterocycles. The van der Waals surface area contributed by atoms with Crippen LogP contribution in [0.25, 0.3) is 0 Å². The Morgan fingerprint density at radius 2 is 1.88 bits per heavy atom. The molecule has 7 heteroatoms. The zero-order valence-corrected chi connectivity index (χ0v) is 16.8. The van der Waals surface area contributed by atoms with Crippen LogP contribution in [0.4, 0.5) is 5.69 Å². The smallest absolute Gasteiger partial charge is 0.244 e. The summed E-state index contributed by atoms with van der Waals surface area (Å²) in [5.74, 6) is 1.01. The number of halogens is 1. The lowest BCUT2D eigenvalue weighted by Gasteiger charge is -2.14. The molecule has 1 N–H and O–H groups in total. The Hall–Kier alpha value is -2.54. The van der Waals surface area contributed by atoms with Gasteiger partial charge in [-0.2, -0.15) is 5.10 Å². The van der Waals surface area contributed by atoms with E-state index in [1.165, 1.54) is 0 Å². The fraction of sp³-hybridized carbons (Fsp3) is 0.263. The number of hydrogen-bond donors (Lipinski definition) is 1. The van der Waals surface area contributed by atoms with Crippen LogP contribution in [0.5, 0.6) is 11.5 Å². The highest BCUT2D eigenvalue weighted by Gasteiger charge is 2.08. The van der Waals surface area contributed by atoms with Crippen LogP contribution in [-0.2, 0) is 11.2 Å². The highest BCUT2D eigenvalue weighted by molar-refractivity contribution is 9.10. The largest absolute Gasteiger partial charge is 0.493 e. The number of anilines is 1. The normalized spacial score (nSPS) is 10.7. The monoisotopic (exact) mass is 419 g/mol. The molecule has 2 aromatic rings. The van der Waals surface area contributed by atoms with E-state index in [9.17, 15) is 4.79 Å². The van der Waals surface area contributed by atoms with Crippen molar-refractivity contribution in [2.75, 3.05) is 33.2 Å². The lowest BCUT2D eigenvalue weighted by atomic mass is 10.1. The van der Waals surface area contributed by atoms with E-state index in [4.69, 9.17) is 9.47 Å². The van der Waals surface area contributed by atoms with Crippen molar-refractivity contribution in [1.29, 1.82) is 0 Å². The van der Waals surface area contributed by atoms with Gasteiger partial charge in [-0.15, -0.1) is 0 Å². The van der Waals surface area contributed by atoms with E-state index in [1.54, 1.807) is 32.6 Å². The van der Waals surface area contributed by atoms with Crippen molar-refractivity contribution in [1.82, 2.24) is 5.43 Å². The van der Waals surface area contributed by atoms with Crippen LogP contribution in [-0.4, -0.2) is 40.4 Å². The fourth-order valence-electron chi connectivity index (χ4n) is 2.36. The van der Waals surface area contributed by atoms with Crippen LogP contribution in [0.3, 0.4) is 0 Å². The SMILES string of the molecule is COc1ccc(CC(=O)N/N=C\c2ccc(N(C)C)c(Br)c2)cc1OC. The number of rotatable bonds is 7. The quantitative estimate of drug-likeness (QED) is 0.552. The molecule has 0 bridgehead atoms. The Morgan fingerprint density at radius 1 is 1.15 bits per heavy atom. The zero-order valence-electron chi connectivity index (χ0n) is 15.2. The first kappa shape index (κ1) is 19.8. The van der Waals surface area contributed by atoms with Crippen molar-refractivity contribution in [3.63, 3.8) is 0 Å². The number of benzene rings is 2. The Balaban J connectivity index is 1.96. The van der Waals surface area contributed by atoms with Gasteiger partial charge in [-0.3, -0.25) is 4.79 Å². The Bertz CT molecular complexity index is 807. The van der Waals surface area contributed by atoms with Gasteiger partial charge in [0.1, 0.15) is 0 Å². The van der Waals surface area contributed by atoms with Crippen LogP contribution in [0.2, 0.25) is 0 Å². The van der Waals surface area contributed by atoms with E-state index < -0.39 is 0 Å². The second kappa shape index (κ2) is 9.24. The maximum absolute atomic E-state index is 12.1. The fourth-order valence-corrected chi connectivity index (χ4v) is 3.11. The maximum Gasteiger partial charge on any atom is 0.244 e. The van der Waals surface area contributed by atoms with Gasteiger partial charge in [-0.25, -0.2) is 5.43 Å². The Morgan fingerprint density at radius 3 is 2.50 bits per heavy atom. The minimum absolute atomic E-state index is 0.195. The molecule has 26 heavy (non-hydrogen) atoms. The summed E-state index contributed by atoms with van der Waals surface area (Å²) in [6.45, 7) is 0. The molecular formula is C19H22BrN3O3. The zero-order chi connectivity index (χ0) is 19.1. The van der Waals surface area contributed by atoms with Crippen molar-refractivity contribution in [2.45, 2.75) is 6.42 Å². The van der Waals surface area contributed by atoms with Gasteiger partial charge in [-0.05, 0) is 51.3 Å². The molecule has 0 saturated carbocycles. The summed E-state index contributed by atoms with van der Waals surface area (Å²) < 4.78 is 11.4. The molecule has 0 aliphatic rings. The van der Waals surface area contributed by atoms with Crippen molar-refractivity contribution >= 4 is 33.7 Å². The number of ether oxygens (including phenoxy) is 2. The molecular weight excluding hydrogens is 398 g/mol. The Labute approximate surface area is 161 Å². The standard InChI is InChI=1S/C19H22BrN3O3/c1-23(2)16-7-5-14(9-15(16)20)12-21-22-19(24)11-13-6-8-17(25-3)18(10-13)26-4/h5-10,12H,11H2,1-4H3,(H,22,24)/b21-12-. The second-order valence-corrected chi connectivity index (χ2v) is 6.62. The maximum atomic E-state index is 12.1. The second-order valence-electron chi connectivity index (χ2n) is 5.76. The number of carbonyl (C=O) groups excluding carboxylic acids is 1. The minimum Gasteiger partial charge on any atom is -0.493 e. The average Bonchev–Trinajstić information content (AvgIpc) is 2.61. The molecule has 1 amide bonds. The molecule has 0 aliphatic heterocycles. The topological polar surface area (TPSA) is 63.2 Å². The van der Waals surface area contributed by atoms with Gasteiger partial charge < -0.3 is 14.4 Å². The van der Waals surface area contributed by atoms with E-state index in [0.29, 0.717) is 11.5 Å². The molecule has 2 aromatic carbocycles. The van der Waals surface area contributed by atoms with E-state index in [-0.39, 0.29) is 12.3 Å². The summed E-state index contributed by atoms with van der Waals surface area (Å²) in [5, 5.41) is 4.01. The number of carbonyl (C=O) groups is 1. The number of nitrogens with zero attached hydrogens (tertiary/aromatic N) is 2. The molecule has 0 heterocycles.